The molecule has 8 aliphatic rings. The third-order valence-corrected chi connectivity index (χ3v) is 20.7. The number of rotatable bonds is 5. The summed E-state index contributed by atoms with van der Waals surface area (Å²) in [5.74, 6) is -0.602. The van der Waals surface area contributed by atoms with Gasteiger partial charge in [0.05, 0.1) is 53.1 Å². The molecule has 0 bridgehead atoms. The number of hydrogen-bond acceptors (Lipinski definition) is 10. The van der Waals surface area contributed by atoms with E-state index in [1.54, 1.807) is 6.08 Å². The monoisotopic (exact) mass is 1130 g/mol. The zero-order chi connectivity index (χ0) is 42.9. The molecule has 0 aromatic heterocycles. The van der Waals surface area contributed by atoms with Crippen molar-refractivity contribution in [1.82, 2.24) is 6.15 Å². The van der Waals surface area contributed by atoms with Crippen LogP contribution < -0.4 is 109 Å². The molecule has 0 aromatic rings. The minimum Gasteiger partial charge on any atom is -1.00 e. The predicted octanol–water partition coefficient (Wildman–Crippen LogP) is 7.37. The quantitative estimate of drug-likeness (QED) is 0.169. The number of ketones is 2. The average Bonchev–Trinajstić information content (AvgIpc) is 4.07. The van der Waals surface area contributed by atoms with Crippen molar-refractivity contribution >= 4 is 67.7 Å². The van der Waals surface area contributed by atoms with Crippen molar-refractivity contribution in [2.45, 2.75) is 175 Å². The Morgan fingerprint density at radius 3 is 1.35 bits per heavy atom. The first kappa shape index (κ1) is 64.6. The van der Waals surface area contributed by atoms with E-state index in [-0.39, 0.29) is 153 Å². The fourth-order valence-corrected chi connectivity index (χ4v) is 10.4. The maximum atomic E-state index is 10.7. The van der Waals surface area contributed by atoms with Crippen LogP contribution in [-0.4, -0.2) is 83.5 Å². The Balaban J connectivity index is -0.000000750. The fraction of sp³-hybridized carbons (Fsp3) is 0.739. The summed E-state index contributed by atoms with van der Waals surface area (Å²) in [6, 6.07) is 0. The molecule has 0 radical (unpaired) electrons. The third-order valence-electron chi connectivity index (χ3n) is 12.5. The number of ether oxygens (including phenoxy) is 6. The molecule has 0 unspecified atom stereocenters. The van der Waals surface area contributed by atoms with Crippen molar-refractivity contribution in [3.05, 3.63) is 53.0 Å². The molecule has 348 valence electrons. The van der Waals surface area contributed by atoms with Crippen LogP contribution in [0, 0.1) is 0 Å². The van der Waals surface area contributed by atoms with E-state index in [4.69, 9.17) is 32.8 Å². The molecule has 3 fully saturated rings. The van der Waals surface area contributed by atoms with E-state index < -0.39 is 8.32 Å². The van der Waals surface area contributed by atoms with E-state index in [9.17, 15) is 9.59 Å². The van der Waals surface area contributed by atoms with Crippen LogP contribution in [0.15, 0.2) is 53.0 Å². The van der Waals surface area contributed by atoms with Crippen LogP contribution in [0.3, 0.4) is 0 Å². The molecule has 3 heterocycles. The maximum Gasteiger partial charge on any atom is 1.00 e. The van der Waals surface area contributed by atoms with Crippen molar-refractivity contribution in [1.29, 1.82) is 0 Å². The molecule has 0 atom stereocenters. The van der Waals surface area contributed by atoms with Gasteiger partial charge in [0.1, 0.15) is 0 Å². The Kier molecular flexibility index (Phi) is 30.3. The first-order valence-corrected chi connectivity index (χ1v) is 26.4. The molecule has 0 amide bonds. The van der Waals surface area contributed by atoms with Crippen molar-refractivity contribution in [3.8, 4) is 0 Å². The Labute approximate surface area is 489 Å². The molecule has 3 spiro atoms. The second-order valence-electron chi connectivity index (χ2n) is 18.0. The first-order chi connectivity index (χ1) is 27.2. The molecule has 3 N–H and O–H groups in total. The molecule has 62 heavy (non-hydrogen) atoms. The Morgan fingerprint density at radius 1 is 0.645 bits per heavy atom. The average molecular weight is 1140 g/mol. The minimum atomic E-state index is -1.62. The molecular weight excluding hydrogens is 1060 g/mol. The zero-order valence-electron chi connectivity index (χ0n) is 41.5. The van der Waals surface area contributed by atoms with Crippen LogP contribution in [0.25, 0.3) is 0 Å². The van der Waals surface area contributed by atoms with Gasteiger partial charge in [-0.3, -0.25) is 9.59 Å². The van der Waals surface area contributed by atoms with Gasteiger partial charge in [0.2, 0.25) is 11.6 Å². The predicted molar refractivity (Wildman–Crippen MR) is 258 cm³/mol. The van der Waals surface area contributed by atoms with E-state index in [0.29, 0.717) is 6.42 Å². The van der Waals surface area contributed by atoms with Crippen molar-refractivity contribution < 1.29 is 148 Å². The smallest absolute Gasteiger partial charge is 1.00 e. The third kappa shape index (κ3) is 17.5. The largest absolute Gasteiger partial charge is 1.00 e. The van der Waals surface area contributed by atoms with Crippen molar-refractivity contribution in [2.75, 3.05) is 46.2 Å². The van der Waals surface area contributed by atoms with E-state index in [1.807, 2.05) is 13.8 Å². The number of hydrogen-bond donors (Lipinski definition) is 1. The summed E-state index contributed by atoms with van der Waals surface area (Å²) in [5, 5.41) is 0.286. The van der Waals surface area contributed by atoms with Crippen LogP contribution in [0.4, 0.5) is 0 Å². The SMILES string of the molecule is C.CC1=C(Br)C(=O)CC1.CC1=C(Br)C2(CC1)OCCO2.CC1=C(Br)C2(CC1)OCCO2.CC1=C(CCCO[Si](C)(C)C(C)(C)C)C2(CC1)OCCO2.CC1=CC(=O)CC1.N.[H-].[H-].[K+].[K+]. The summed E-state index contributed by atoms with van der Waals surface area (Å²) in [5.41, 5.74) is 7.97. The van der Waals surface area contributed by atoms with Gasteiger partial charge in [0, 0.05) is 38.7 Å². The minimum absolute atomic E-state index is 0. The maximum absolute atomic E-state index is 10.7. The summed E-state index contributed by atoms with van der Waals surface area (Å²) in [7, 11) is -1.62. The molecule has 3 saturated heterocycles. The second kappa shape index (κ2) is 29.1. The van der Waals surface area contributed by atoms with Gasteiger partial charge in [-0.05, 0) is 157 Å². The van der Waals surface area contributed by atoms with Gasteiger partial charge in [-0.15, -0.1) is 0 Å². The first-order valence-electron chi connectivity index (χ1n) is 21.1. The number of Topliss-reactive ketones (excluding diaryl/α,β-unsaturated/α-hetero) is 1. The van der Waals surface area contributed by atoms with Gasteiger partial charge < -0.3 is 41.9 Å². The number of carbonyl (C=O) groups excluding carboxylic acids is 2. The zero-order valence-corrected chi connectivity index (χ0v) is 51.5. The molecule has 0 saturated carbocycles. The van der Waals surface area contributed by atoms with Crippen molar-refractivity contribution in [3.63, 3.8) is 0 Å². The van der Waals surface area contributed by atoms with Crippen molar-refractivity contribution in [2.24, 2.45) is 0 Å². The molecule has 5 aliphatic carbocycles. The number of allylic oxidation sites excluding steroid dienone is 7. The summed E-state index contributed by atoms with van der Waals surface area (Å²) in [6.07, 6.45) is 13.4. The standard InChI is InChI=1S/C17H32O3Si.2C8H11BrO2.C6H7BrO.C6H8O.CH4.2K.H3N.2H/c1-14-9-10-17(18-12-13-19-17)15(14)8-7-11-20-21(5,6)16(2,3)4;2*1-6-2-3-8(7(6)9)10-4-5-11-8;1-4-2-3-5(8)6(4)7;1-5-2-3-6(7)4-5;;;;;;/h7-13H2,1-6H3;2*2-5H2,1H3;2-3H2,1H3;4H,2-3H2,1H3;1H4;;;1H3;;/q;;;;;;2*+1;;2*-1. The fourth-order valence-electron chi connectivity index (χ4n) is 7.69. The van der Waals surface area contributed by atoms with Gasteiger partial charge in [0.15, 0.2) is 25.7 Å². The molecule has 8 rings (SSSR count). The Morgan fingerprint density at radius 2 is 1.06 bits per heavy atom. The van der Waals surface area contributed by atoms with Crippen LogP contribution in [-0.2, 0) is 42.4 Å². The normalized spacial score (nSPS) is 22.8. The summed E-state index contributed by atoms with van der Waals surface area (Å²) >= 11 is 10.2. The van der Waals surface area contributed by atoms with E-state index in [1.165, 1.54) is 33.4 Å². The van der Waals surface area contributed by atoms with E-state index in [0.717, 1.165) is 130 Å². The Bertz CT molecular complexity index is 1620. The Hall–Kier alpha value is 2.65. The molecule has 3 aliphatic heterocycles. The van der Waals surface area contributed by atoms with Gasteiger partial charge in [0.25, 0.3) is 0 Å². The van der Waals surface area contributed by atoms with E-state index >= 15 is 0 Å². The second-order valence-corrected chi connectivity index (χ2v) is 25.2. The van der Waals surface area contributed by atoms with Crippen LogP contribution >= 0.6 is 47.8 Å². The van der Waals surface area contributed by atoms with Crippen LogP contribution in [0.2, 0.25) is 18.1 Å². The van der Waals surface area contributed by atoms with Gasteiger partial charge in [-0.2, -0.15) is 0 Å². The molecule has 10 nitrogen and oxygen atoms in total. The number of carbonyl (C=O) groups is 2. The van der Waals surface area contributed by atoms with Gasteiger partial charge in [-0.1, -0.05) is 56.1 Å². The van der Waals surface area contributed by atoms with Crippen LogP contribution in [0.5, 0.6) is 0 Å². The summed E-state index contributed by atoms with van der Waals surface area (Å²) < 4.78 is 43.4. The molecule has 0 aromatic carbocycles. The molecule has 16 heteroatoms. The molecular formula is C46H78Br3K2NO9Si. The topological polar surface area (TPSA) is 134 Å². The summed E-state index contributed by atoms with van der Waals surface area (Å²) in [4.78, 5) is 21.1. The van der Waals surface area contributed by atoms with Gasteiger partial charge in [-0.25, -0.2) is 0 Å². The van der Waals surface area contributed by atoms with Crippen LogP contribution in [0.1, 0.15) is 143 Å². The number of halogens is 3. The summed E-state index contributed by atoms with van der Waals surface area (Å²) in [6.45, 7) is 27.1. The van der Waals surface area contributed by atoms with E-state index in [2.05, 4.69) is 102 Å². The van der Waals surface area contributed by atoms with Gasteiger partial charge >= 0.3 is 103 Å².